The van der Waals surface area contributed by atoms with Gasteiger partial charge in [0.25, 0.3) is 11.0 Å². The first-order chi connectivity index (χ1) is 8.77. The molecule has 0 saturated carbocycles. The third-order valence-corrected chi connectivity index (χ3v) is 3.53. The van der Waals surface area contributed by atoms with Gasteiger partial charge in [-0.15, -0.1) is 0 Å². The highest BCUT2D eigenvalue weighted by atomic mass is 16.8. The number of hydrogen-bond donors (Lipinski definition) is 0. The molecule has 6 heteroatoms. The van der Waals surface area contributed by atoms with Crippen LogP contribution in [0.4, 0.5) is 0 Å². The van der Waals surface area contributed by atoms with Crippen molar-refractivity contribution in [2.24, 2.45) is 0 Å². The summed E-state index contributed by atoms with van der Waals surface area (Å²) in [5, 5.41) is 16.0. The fraction of sp³-hybridized carbons (Fsp3) is 0.250. The van der Waals surface area contributed by atoms with Crippen molar-refractivity contribution < 1.29 is 9.53 Å². The number of rotatable bonds is 0. The minimum absolute atomic E-state index is 0.0125. The van der Waals surface area contributed by atoms with E-state index in [4.69, 9.17) is 0 Å². The quantitative estimate of drug-likeness (QED) is 0.545. The highest BCUT2D eigenvalue weighted by Crippen LogP contribution is 2.26. The monoisotopic (exact) mass is 243 g/mol. The lowest BCUT2D eigenvalue weighted by molar-refractivity contribution is -0.782. The van der Waals surface area contributed by atoms with E-state index >= 15 is 0 Å². The van der Waals surface area contributed by atoms with E-state index in [1.165, 1.54) is 0 Å². The highest BCUT2D eigenvalue weighted by molar-refractivity contribution is 6.01. The van der Waals surface area contributed by atoms with Crippen molar-refractivity contribution >= 4 is 21.9 Å². The second kappa shape index (κ2) is 3.10. The molecular weight excluding hydrogens is 234 g/mol. The molecule has 0 bridgehead atoms. The summed E-state index contributed by atoms with van der Waals surface area (Å²) in [5.74, 6) is 0. The first-order valence-corrected chi connectivity index (χ1v) is 5.81. The molecule has 4 rings (SSSR count). The van der Waals surface area contributed by atoms with Gasteiger partial charge in [0.2, 0.25) is 0 Å². The van der Waals surface area contributed by atoms with Crippen LogP contribution in [0.15, 0.2) is 27.6 Å². The Morgan fingerprint density at radius 3 is 3.22 bits per heavy atom. The van der Waals surface area contributed by atoms with E-state index in [-0.39, 0.29) is 16.0 Å². The Morgan fingerprint density at radius 1 is 1.44 bits per heavy atom. The number of aromatic nitrogens is 3. The average Bonchev–Trinajstić information content (AvgIpc) is 2.78. The molecule has 3 heterocycles. The van der Waals surface area contributed by atoms with Crippen molar-refractivity contribution in [3.8, 4) is 0 Å². The van der Waals surface area contributed by atoms with Crippen molar-refractivity contribution in [1.29, 1.82) is 0 Å². The normalized spacial score (nSPS) is 14.4. The van der Waals surface area contributed by atoms with E-state index in [1.807, 2.05) is 18.2 Å². The lowest BCUT2D eigenvalue weighted by atomic mass is 10.0. The number of para-hydroxylation sites is 1. The van der Waals surface area contributed by atoms with Crippen LogP contribution in [0.25, 0.3) is 21.9 Å². The Balaban J connectivity index is 2.40. The zero-order chi connectivity index (χ0) is 12.3. The van der Waals surface area contributed by atoms with Gasteiger partial charge in [0, 0.05) is 11.7 Å². The van der Waals surface area contributed by atoms with Crippen molar-refractivity contribution in [2.45, 2.75) is 19.4 Å². The SMILES string of the molecule is O=c1c2c(no[n+]2[O-])c2cccc3c2n1CCC3. The van der Waals surface area contributed by atoms with Crippen molar-refractivity contribution in [2.75, 3.05) is 0 Å². The first kappa shape index (κ1) is 9.64. The predicted octanol–water partition coefficient (Wildman–Crippen LogP) is 0.722. The second-order valence-corrected chi connectivity index (χ2v) is 4.50. The van der Waals surface area contributed by atoms with Gasteiger partial charge in [-0.25, -0.2) is 0 Å². The third-order valence-electron chi connectivity index (χ3n) is 3.53. The number of nitrogens with zero attached hydrogens (tertiary/aromatic N) is 3. The zero-order valence-corrected chi connectivity index (χ0v) is 9.42. The average molecular weight is 243 g/mol. The van der Waals surface area contributed by atoms with Gasteiger partial charge in [0.1, 0.15) is 0 Å². The van der Waals surface area contributed by atoms with Crippen LogP contribution in [-0.2, 0) is 13.0 Å². The van der Waals surface area contributed by atoms with Gasteiger partial charge in [0.15, 0.2) is 0 Å². The molecule has 3 aromatic rings. The van der Waals surface area contributed by atoms with Gasteiger partial charge in [-0.1, -0.05) is 12.1 Å². The molecule has 0 aliphatic carbocycles. The lowest BCUT2D eigenvalue weighted by Crippen LogP contribution is -2.34. The summed E-state index contributed by atoms with van der Waals surface area (Å²) in [6.45, 7) is 0.632. The fourth-order valence-corrected chi connectivity index (χ4v) is 2.78. The van der Waals surface area contributed by atoms with Crippen molar-refractivity contribution in [3.63, 3.8) is 0 Å². The standard InChI is InChI=1S/C12H9N3O3/c16-12-11-9(13-18-15(11)17)8-5-1-3-7-4-2-6-14(12)10(7)8/h1,3,5H,2,4,6H2. The molecule has 0 radical (unpaired) electrons. The molecule has 6 nitrogen and oxygen atoms in total. The molecule has 2 aromatic heterocycles. The van der Waals surface area contributed by atoms with Gasteiger partial charge in [-0.3, -0.25) is 9.42 Å². The molecule has 1 aromatic carbocycles. The summed E-state index contributed by atoms with van der Waals surface area (Å²) in [6.07, 6.45) is 1.85. The molecular formula is C12H9N3O3. The summed E-state index contributed by atoms with van der Waals surface area (Å²) < 4.78 is 6.22. The van der Waals surface area contributed by atoms with Gasteiger partial charge < -0.3 is 9.77 Å². The van der Waals surface area contributed by atoms with E-state index in [2.05, 4.69) is 9.79 Å². The van der Waals surface area contributed by atoms with Crippen molar-refractivity contribution in [1.82, 2.24) is 9.72 Å². The van der Waals surface area contributed by atoms with Gasteiger partial charge in [-0.05, 0) is 29.4 Å². The van der Waals surface area contributed by atoms with Crippen molar-refractivity contribution in [3.05, 3.63) is 39.3 Å². The maximum atomic E-state index is 12.3. The minimum Gasteiger partial charge on any atom is -0.359 e. The van der Waals surface area contributed by atoms with Crippen LogP contribution in [0.1, 0.15) is 12.0 Å². The van der Waals surface area contributed by atoms with E-state index in [1.54, 1.807) is 4.57 Å². The van der Waals surface area contributed by atoms with Gasteiger partial charge in [-0.2, -0.15) is 0 Å². The molecule has 90 valence electrons. The van der Waals surface area contributed by atoms with Crippen LogP contribution in [0, 0.1) is 5.21 Å². The van der Waals surface area contributed by atoms with Crippen LogP contribution in [-0.4, -0.2) is 9.72 Å². The van der Waals surface area contributed by atoms with E-state index in [0.717, 1.165) is 29.3 Å². The Kier molecular flexibility index (Phi) is 1.66. The predicted molar refractivity (Wildman–Crippen MR) is 63.1 cm³/mol. The Labute approximate surface area is 101 Å². The minimum atomic E-state index is -0.319. The molecule has 0 saturated heterocycles. The largest absolute Gasteiger partial charge is 0.359 e. The number of aryl methyl sites for hydroxylation is 2. The van der Waals surface area contributed by atoms with Gasteiger partial charge >= 0.3 is 5.56 Å². The topological polar surface area (TPSA) is 75.0 Å². The highest BCUT2D eigenvalue weighted by Gasteiger charge is 2.24. The number of fused-ring (bicyclic) bond motifs is 2. The Morgan fingerprint density at radius 2 is 2.33 bits per heavy atom. The maximum Gasteiger partial charge on any atom is 0.307 e. The third kappa shape index (κ3) is 1.000. The molecule has 0 unspecified atom stereocenters. The molecule has 0 amide bonds. The van der Waals surface area contributed by atoms with Crippen LogP contribution in [0.3, 0.4) is 0 Å². The zero-order valence-electron chi connectivity index (χ0n) is 9.42. The fourth-order valence-electron chi connectivity index (χ4n) is 2.78. The van der Waals surface area contributed by atoms with Crippen LogP contribution < -0.4 is 10.5 Å². The van der Waals surface area contributed by atoms with E-state index in [0.29, 0.717) is 12.1 Å². The molecule has 0 spiro atoms. The first-order valence-electron chi connectivity index (χ1n) is 5.81. The molecule has 1 aliphatic rings. The smallest absolute Gasteiger partial charge is 0.307 e. The summed E-state index contributed by atoms with van der Waals surface area (Å²) >= 11 is 0. The molecule has 0 atom stereocenters. The summed E-state index contributed by atoms with van der Waals surface area (Å²) in [6, 6.07) is 5.79. The summed E-state index contributed by atoms with van der Waals surface area (Å²) in [4.78, 5) is 12.5. The molecule has 0 fully saturated rings. The maximum absolute atomic E-state index is 12.3. The Bertz CT molecular complexity index is 847. The number of pyridine rings is 1. The molecule has 1 aliphatic heterocycles. The second-order valence-electron chi connectivity index (χ2n) is 4.50. The number of benzene rings is 1. The Hall–Kier alpha value is -2.37. The van der Waals surface area contributed by atoms with Crippen LogP contribution in [0.5, 0.6) is 0 Å². The van der Waals surface area contributed by atoms with Crippen LogP contribution in [0.2, 0.25) is 0 Å². The summed E-state index contributed by atoms with van der Waals surface area (Å²) in [5.41, 5.74) is 2.03. The number of hydrogen-bond acceptors (Lipinski definition) is 4. The van der Waals surface area contributed by atoms with E-state index in [9.17, 15) is 10.0 Å². The van der Waals surface area contributed by atoms with Crippen LogP contribution >= 0.6 is 0 Å². The molecule has 0 N–H and O–H groups in total. The molecule has 18 heavy (non-hydrogen) atoms. The van der Waals surface area contributed by atoms with E-state index < -0.39 is 0 Å². The summed E-state index contributed by atoms with van der Waals surface area (Å²) in [7, 11) is 0. The lowest BCUT2D eigenvalue weighted by Gasteiger charge is -2.17. The van der Waals surface area contributed by atoms with Gasteiger partial charge in [0.05, 0.1) is 10.9 Å².